The average molecular weight is 376 g/mol. The molecule has 0 aromatic heterocycles. The zero-order valence-electron chi connectivity index (χ0n) is 2.96. The Bertz CT molecular complexity index is 11.6. The van der Waals surface area contributed by atoms with Gasteiger partial charge >= 0.3 is 0 Å². The van der Waals surface area contributed by atoms with Crippen molar-refractivity contribution in [2.45, 2.75) is 0 Å². The summed E-state index contributed by atoms with van der Waals surface area (Å²) in [4.78, 5) is 0. The second-order valence-corrected chi connectivity index (χ2v) is 0. The fourth-order valence-corrected chi connectivity index (χ4v) is 0. The summed E-state index contributed by atoms with van der Waals surface area (Å²) in [5.74, 6) is 0. The Balaban J connectivity index is 0. The summed E-state index contributed by atoms with van der Waals surface area (Å²) in [7, 11) is 0. The molecule has 5 heteroatoms. The molecule has 0 unspecified atom stereocenters. The maximum atomic E-state index is 0. The molecule has 0 rings (SSSR count). The van der Waals surface area contributed by atoms with Crippen LogP contribution in [0.2, 0.25) is 0 Å². The zero-order valence-corrected chi connectivity index (χ0v) is 12.3. The molecule has 0 aliphatic heterocycles. The minimum atomic E-state index is 0. The van der Waals surface area contributed by atoms with E-state index in [2.05, 4.69) is 0 Å². The molecule has 0 aliphatic rings. The SMILES string of the molecule is [Cu].[Li].[Sb].[Sn].[Zn]. The van der Waals surface area contributed by atoms with Crippen LogP contribution in [0.4, 0.5) is 0 Å². The van der Waals surface area contributed by atoms with E-state index in [4.69, 9.17) is 0 Å². The van der Waals surface area contributed by atoms with Gasteiger partial charge in [-0.15, -0.1) is 0 Å². The summed E-state index contributed by atoms with van der Waals surface area (Å²) in [6, 6.07) is 0. The Hall–Kier alpha value is 3.36. The normalized spacial score (nSPS) is 0. The first-order valence-corrected chi connectivity index (χ1v) is 0. The largest absolute Gasteiger partial charge is 0 e. The third-order valence-corrected chi connectivity index (χ3v) is 0. The summed E-state index contributed by atoms with van der Waals surface area (Å²) in [6.07, 6.45) is 0. The molecule has 23 valence electrons. The van der Waals surface area contributed by atoms with Crippen molar-refractivity contribution in [1.82, 2.24) is 0 Å². The molecule has 0 amide bonds. The minimum Gasteiger partial charge on any atom is 0 e. The Morgan fingerprint density at radius 1 is 1.00 bits per heavy atom. The van der Waals surface area contributed by atoms with Gasteiger partial charge in [-0.05, 0) is 0 Å². The maximum Gasteiger partial charge on any atom is 0 e. The number of hydrogen-bond donors (Lipinski definition) is 0. The molecule has 0 heterocycles. The van der Waals surface area contributed by atoms with E-state index in [-0.39, 0.29) is 104 Å². The Kier molecular flexibility index (Phi) is 212. The second-order valence-electron chi connectivity index (χ2n) is 0. The summed E-state index contributed by atoms with van der Waals surface area (Å²) in [5, 5.41) is 0. The molecule has 0 aromatic carbocycles. The van der Waals surface area contributed by atoms with Gasteiger partial charge < -0.3 is 0 Å². The van der Waals surface area contributed by atoms with Crippen LogP contribution in [0.15, 0.2) is 0 Å². The smallest absolute Gasteiger partial charge is 0 e. The van der Waals surface area contributed by atoms with Crippen molar-refractivity contribution in [2.24, 2.45) is 0 Å². The van der Waals surface area contributed by atoms with E-state index in [1.54, 1.807) is 0 Å². The molecule has 5 heavy (non-hydrogen) atoms. The van der Waals surface area contributed by atoms with Crippen molar-refractivity contribution < 1.29 is 36.5 Å². The molecule has 0 aliphatic carbocycles. The summed E-state index contributed by atoms with van der Waals surface area (Å²) < 4.78 is 0. The van der Waals surface area contributed by atoms with Gasteiger partial charge in [0.05, 0.1) is 0 Å². The zero-order chi connectivity index (χ0) is 0. The molecule has 0 atom stereocenters. The van der Waals surface area contributed by atoms with Crippen LogP contribution in [0.3, 0.4) is 0 Å². The monoisotopic (exact) mass is 375 g/mol. The third kappa shape index (κ3) is 18.7. The first-order valence-electron chi connectivity index (χ1n) is 0. The minimum absolute atomic E-state index is 0. The second kappa shape index (κ2) is 26.4. The number of hydrogen-bond acceptors (Lipinski definition) is 0. The molecule has 0 aromatic rings. The van der Waals surface area contributed by atoms with Crippen molar-refractivity contribution >= 4 is 67.2 Å². The van der Waals surface area contributed by atoms with Gasteiger partial charge in [-0.1, -0.05) is 0 Å². The van der Waals surface area contributed by atoms with Crippen LogP contribution in [0, 0.1) is 0 Å². The van der Waals surface area contributed by atoms with Crippen molar-refractivity contribution in [3.63, 3.8) is 0 Å². The quantitative estimate of drug-likeness (QED) is 0.469. The summed E-state index contributed by atoms with van der Waals surface area (Å²) in [5.41, 5.74) is 0. The van der Waals surface area contributed by atoms with Gasteiger partial charge in [0.2, 0.25) is 0 Å². The van der Waals surface area contributed by atoms with Crippen LogP contribution in [-0.2, 0) is 36.5 Å². The van der Waals surface area contributed by atoms with Crippen LogP contribution < -0.4 is 0 Å². The molecule has 0 spiro atoms. The fourth-order valence-electron chi connectivity index (χ4n) is 0. The van der Waals surface area contributed by atoms with E-state index >= 15 is 0 Å². The van der Waals surface area contributed by atoms with E-state index in [0.717, 1.165) is 0 Å². The van der Waals surface area contributed by atoms with E-state index in [1.807, 2.05) is 0 Å². The van der Waals surface area contributed by atoms with Gasteiger partial charge in [0, 0.05) is 104 Å². The van der Waals surface area contributed by atoms with E-state index in [0.29, 0.717) is 0 Å². The molecular formula is CuLiSbSnZn. The van der Waals surface area contributed by atoms with Crippen molar-refractivity contribution in [1.29, 1.82) is 0 Å². The molecule has 0 saturated carbocycles. The average Bonchev–Trinajstić information content (AvgIpc) is 0. The van der Waals surface area contributed by atoms with Gasteiger partial charge in [-0.25, -0.2) is 0 Å². The van der Waals surface area contributed by atoms with Gasteiger partial charge in [-0.2, -0.15) is 0 Å². The van der Waals surface area contributed by atoms with E-state index in [1.165, 1.54) is 0 Å². The Morgan fingerprint density at radius 2 is 1.00 bits per heavy atom. The van der Waals surface area contributed by atoms with Crippen molar-refractivity contribution in [3.05, 3.63) is 0 Å². The molecule has 9 radical (unpaired) electrons. The standard InChI is InChI=1S/Cu.Li.Sb.Sn.Zn. The van der Waals surface area contributed by atoms with Gasteiger partial charge in [0.15, 0.2) is 0 Å². The predicted molar refractivity (Wildman–Crippen MR) is 17.3 cm³/mol. The topological polar surface area (TPSA) is 0 Å². The van der Waals surface area contributed by atoms with Crippen molar-refractivity contribution in [3.8, 4) is 0 Å². The van der Waals surface area contributed by atoms with Crippen LogP contribution in [-0.4, -0.2) is 67.2 Å². The van der Waals surface area contributed by atoms with Crippen LogP contribution in [0.1, 0.15) is 0 Å². The van der Waals surface area contributed by atoms with Gasteiger partial charge in [-0.3, -0.25) is 0 Å². The van der Waals surface area contributed by atoms with Crippen LogP contribution >= 0.6 is 0 Å². The Labute approximate surface area is 102 Å². The van der Waals surface area contributed by atoms with Gasteiger partial charge in [0.25, 0.3) is 0 Å². The molecule has 0 N–H and O–H groups in total. The molecule has 0 fully saturated rings. The van der Waals surface area contributed by atoms with Crippen LogP contribution in [0.25, 0.3) is 0 Å². The van der Waals surface area contributed by atoms with Gasteiger partial charge in [0.1, 0.15) is 0 Å². The summed E-state index contributed by atoms with van der Waals surface area (Å²) in [6.45, 7) is 0. The molecular weight excluding hydrogens is 376 g/mol. The summed E-state index contributed by atoms with van der Waals surface area (Å²) >= 11 is 0. The maximum absolute atomic E-state index is 0. The van der Waals surface area contributed by atoms with E-state index < -0.39 is 0 Å². The predicted octanol–water partition coefficient (Wildman–Crippen LogP) is -1.15. The first kappa shape index (κ1) is 40.1. The van der Waals surface area contributed by atoms with Crippen molar-refractivity contribution in [2.75, 3.05) is 0 Å². The Morgan fingerprint density at radius 3 is 1.00 bits per heavy atom. The van der Waals surface area contributed by atoms with E-state index in [9.17, 15) is 0 Å². The third-order valence-electron chi connectivity index (χ3n) is 0. The number of rotatable bonds is 0. The molecule has 0 nitrogen and oxygen atoms in total. The first-order chi connectivity index (χ1) is 0. The molecule has 0 saturated heterocycles. The fraction of sp³-hybridized carbons (Fsp3) is 0. The molecule has 0 bridgehead atoms. The van der Waals surface area contributed by atoms with Crippen LogP contribution in [0.5, 0.6) is 0 Å².